The largest absolute Gasteiger partial charge is 0.275 e. The highest BCUT2D eigenvalue weighted by Gasteiger charge is 2.44. The highest BCUT2D eigenvalue weighted by atomic mass is 79.9. The van der Waals surface area contributed by atoms with E-state index in [-0.39, 0.29) is 17.9 Å². The van der Waals surface area contributed by atoms with Crippen LogP contribution in [0, 0.1) is 5.92 Å². The first-order valence-corrected chi connectivity index (χ1v) is 15.7. The number of hydrogen-bond acceptors (Lipinski definition) is 3. The lowest BCUT2D eigenvalue weighted by Gasteiger charge is -2.30. The van der Waals surface area contributed by atoms with E-state index in [1.807, 2.05) is 72.8 Å². The van der Waals surface area contributed by atoms with Gasteiger partial charge in [0, 0.05) is 25.8 Å². The minimum atomic E-state index is -0.193. The number of fused-ring (bicyclic) bond motifs is 2. The van der Waals surface area contributed by atoms with Crippen molar-refractivity contribution in [1.29, 1.82) is 0 Å². The predicted molar refractivity (Wildman–Crippen MR) is 177 cm³/mol. The molecule has 0 bridgehead atoms. The first-order chi connectivity index (χ1) is 20.5. The molecule has 42 heavy (non-hydrogen) atoms. The van der Waals surface area contributed by atoms with Crippen molar-refractivity contribution in [3.8, 4) is 11.3 Å². The van der Waals surface area contributed by atoms with E-state index in [4.69, 9.17) is 10.1 Å². The van der Waals surface area contributed by atoms with E-state index in [2.05, 4.69) is 74.3 Å². The molecule has 2 aliphatic rings. The average Bonchev–Trinajstić information content (AvgIpc) is 3.43. The van der Waals surface area contributed by atoms with Gasteiger partial charge >= 0.3 is 0 Å². The molecule has 4 nitrogen and oxygen atoms in total. The zero-order valence-corrected chi connectivity index (χ0v) is 25.9. The summed E-state index contributed by atoms with van der Waals surface area (Å²) in [5.41, 5.74) is 7.60. The van der Waals surface area contributed by atoms with Crippen LogP contribution in [0.25, 0.3) is 28.2 Å². The number of aromatic nitrogens is 1. The zero-order chi connectivity index (χ0) is 28.6. The zero-order valence-electron chi connectivity index (χ0n) is 22.8. The molecule has 7 rings (SSSR count). The van der Waals surface area contributed by atoms with E-state index < -0.39 is 0 Å². The Labute approximate surface area is 262 Å². The van der Waals surface area contributed by atoms with Gasteiger partial charge in [0.25, 0.3) is 5.91 Å². The van der Waals surface area contributed by atoms with Crippen molar-refractivity contribution in [3.63, 3.8) is 0 Å². The number of pyridine rings is 1. The van der Waals surface area contributed by atoms with Crippen LogP contribution in [-0.4, -0.2) is 21.6 Å². The Hall–Kier alpha value is -3.87. The molecular formula is C36H27Br2N3O. The molecule has 5 aromatic rings. The maximum Gasteiger partial charge on any atom is 0.275 e. The molecule has 1 aromatic heterocycles. The molecule has 0 saturated heterocycles. The van der Waals surface area contributed by atoms with E-state index in [1.165, 1.54) is 5.57 Å². The van der Waals surface area contributed by atoms with E-state index in [9.17, 15) is 4.79 Å². The van der Waals surface area contributed by atoms with Gasteiger partial charge < -0.3 is 0 Å². The van der Waals surface area contributed by atoms with Crippen LogP contribution in [0.15, 0.2) is 129 Å². The van der Waals surface area contributed by atoms with Gasteiger partial charge in [0.15, 0.2) is 0 Å². The van der Waals surface area contributed by atoms with Gasteiger partial charge in [0.2, 0.25) is 0 Å². The molecule has 0 spiro atoms. The molecule has 1 amide bonds. The predicted octanol–water partition coefficient (Wildman–Crippen LogP) is 9.86. The second-order valence-electron chi connectivity index (χ2n) is 10.8. The summed E-state index contributed by atoms with van der Waals surface area (Å²) in [5, 5.41) is 7.74. The maximum atomic E-state index is 14.7. The van der Waals surface area contributed by atoms with Gasteiger partial charge in [-0.1, -0.05) is 105 Å². The smallest absolute Gasteiger partial charge is 0.267 e. The molecule has 206 valence electrons. The Bertz CT molecular complexity index is 1850. The summed E-state index contributed by atoms with van der Waals surface area (Å²) >= 11 is 7.13. The van der Waals surface area contributed by atoms with Crippen LogP contribution in [0.5, 0.6) is 0 Å². The van der Waals surface area contributed by atoms with Crippen LogP contribution < -0.4 is 0 Å². The van der Waals surface area contributed by atoms with E-state index in [1.54, 1.807) is 5.01 Å². The molecule has 1 aliphatic carbocycles. The third-order valence-corrected chi connectivity index (χ3v) is 9.21. The number of halogens is 2. The summed E-state index contributed by atoms with van der Waals surface area (Å²) in [6.45, 7) is 0. The van der Waals surface area contributed by atoms with Crippen LogP contribution >= 0.6 is 31.9 Å². The number of allylic oxidation sites excluding steroid dienone is 1. The Kier molecular flexibility index (Phi) is 7.34. The Morgan fingerprint density at radius 3 is 2.29 bits per heavy atom. The molecule has 1 saturated carbocycles. The van der Waals surface area contributed by atoms with Gasteiger partial charge in [-0.05, 0) is 78.4 Å². The fourth-order valence-corrected chi connectivity index (χ4v) is 6.68. The van der Waals surface area contributed by atoms with Gasteiger partial charge in [-0.3, -0.25) is 4.79 Å². The Morgan fingerprint density at radius 2 is 1.52 bits per heavy atom. The topological polar surface area (TPSA) is 45.6 Å². The van der Waals surface area contributed by atoms with Crippen LogP contribution in [0.1, 0.15) is 46.8 Å². The normalized spacial score (nSPS) is 19.1. The summed E-state index contributed by atoms with van der Waals surface area (Å²) < 4.78 is 2.06. The Morgan fingerprint density at radius 1 is 0.833 bits per heavy atom. The van der Waals surface area contributed by atoms with Gasteiger partial charge in [0.05, 0.1) is 28.5 Å². The molecular weight excluding hydrogens is 650 g/mol. The molecule has 6 heteroatoms. The van der Waals surface area contributed by atoms with Gasteiger partial charge in [-0.25, -0.2) is 9.99 Å². The van der Waals surface area contributed by atoms with Crippen molar-refractivity contribution in [3.05, 3.63) is 140 Å². The van der Waals surface area contributed by atoms with Crippen molar-refractivity contribution in [2.24, 2.45) is 11.0 Å². The third kappa shape index (κ3) is 5.14. The number of hydrogen-bond donors (Lipinski definition) is 0. The first kappa shape index (κ1) is 27.0. The molecule has 0 radical (unpaired) electrons. The number of rotatable bonds is 4. The molecule has 1 aliphatic heterocycles. The summed E-state index contributed by atoms with van der Waals surface area (Å²) in [6.07, 6.45) is 5.21. The number of carbonyl (C=O) groups excluding carboxylic acids is 1. The molecule has 2 atom stereocenters. The number of hydrazone groups is 1. The molecule has 0 N–H and O–H groups in total. The second-order valence-corrected chi connectivity index (χ2v) is 12.6. The number of nitrogens with zero attached hydrogens (tertiary/aromatic N) is 3. The van der Waals surface area contributed by atoms with Crippen molar-refractivity contribution >= 4 is 60.5 Å². The Balaban J connectivity index is 1.37. The molecule has 2 heterocycles. The van der Waals surface area contributed by atoms with Gasteiger partial charge in [-0.2, -0.15) is 5.10 Å². The van der Waals surface area contributed by atoms with E-state index >= 15 is 0 Å². The van der Waals surface area contributed by atoms with Crippen LogP contribution in [-0.2, 0) is 0 Å². The van der Waals surface area contributed by atoms with Crippen molar-refractivity contribution in [2.45, 2.75) is 25.3 Å². The number of benzene rings is 4. The summed E-state index contributed by atoms with van der Waals surface area (Å²) in [7, 11) is 0. The minimum absolute atomic E-state index is 0.108. The number of carbonyl (C=O) groups is 1. The second kappa shape index (κ2) is 11.4. The SMILES string of the molecule is O=C(c1cc(-c2ccccc2)nc2ccccc12)N1N=C2/C(=C/c3ccc(Br)cc3)CCCC2C1c1ccc(Br)cc1. The van der Waals surface area contributed by atoms with Gasteiger partial charge in [-0.15, -0.1) is 0 Å². The van der Waals surface area contributed by atoms with E-state index in [0.29, 0.717) is 5.56 Å². The molecule has 2 unspecified atom stereocenters. The lowest BCUT2D eigenvalue weighted by Crippen LogP contribution is -2.32. The third-order valence-electron chi connectivity index (χ3n) is 8.15. The fraction of sp³-hybridized carbons (Fsp3) is 0.139. The standard InChI is InChI=1S/C36H27Br2N3O/c37-27-17-13-23(14-18-27)21-26-9-6-11-30-34(26)40-41(35(30)25-15-19-28(38)20-16-25)36(42)31-22-33(24-7-2-1-3-8-24)39-32-12-5-4-10-29(31)32/h1-5,7-8,10,12-22,30,35H,6,9,11H2/b26-21+. The minimum Gasteiger partial charge on any atom is -0.267 e. The lowest BCUT2D eigenvalue weighted by atomic mass is 9.77. The quantitative estimate of drug-likeness (QED) is 0.190. The maximum absolute atomic E-state index is 14.7. The molecule has 4 aromatic carbocycles. The van der Waals surface area contributed by atoms with Crippen LogP contribution in [0.2, 0.25) is 0 Å². The van der Waals surface area contributed by atoms with Gasteiger partial charge in [0.1, 0.15) is 0 Å². The number of para-hydroxylation sites is 1. The first-order valence-electron chi connectivity index (χ1n) is 14.1. The summed E-state index contributed by atoms with van der Waals surface area (Å²) in [5.74, 6) is 0.0101. The average molecular weight is 677 g/mol. The summed E-state index contributed by atoms with van der Waals surface area (Å²) in [6, 6.07) is 36.3. The van der Waals surface area contributed by atoms with Crippen molar-refractivity contribution in [1.82, 2.24) is 9.99 Å². The summed E-state index contributed by atoms with van der Waals surface area (Å²) in [4.78, 5) is 19.6. The van der Waals surface area contributed by atoms with Crippen LogP contribution in [0.3, 0.4) is 0 Å². The lowest BCUT2D eigenvalue weighted by molar-refractivity contribution is 0.0683. The van der Waals surface area contributed by atoms with Crippen molar-refractivity contribution in [2.75, 3.05) is 0 Å². The monoisotopic (exact) mass is 675 g/mol. The molecule has 1 fully saturated rings. The highest BCUT2D eigenvalue weighted by Crippen LogP contribution is 2.45. The highest BCUT2D eigenvalue weighted by molar-refractivity contribution is 9.10. The van der Waals surface area contributed by atoms with Crippen LogP contribution in [0.4, 0.5) is 0 Å². The number of amides is 1. The van der Waals surface area contributed by atoms with Crippen molar-refractivity contribution < 1.29 is 4.79 Å². The van der Waals surface area contributed by atoms with E-state index in [0.717, 1.165) is 67.2 Å². The fourth-order valence-electron chi connectivity index (χ4n) is 6.15.